The van der Waals surface area contributed by atoms with Gasteiger partial charge in [-0.2, -0.15) is 0 Å². The highest BCUT2D eigenvalue weighted by Crippen LogP contribution is 2.46. The Labute approximate surface area is 103 Å². The molecule has 0 aliphatic heterocycles. The number of aryl methyl sites for hydroxylation is 1. The topological polar surface area (TPSA) is 32.3 Å². The van der Waals surface area contributed by atoms with Crippen LogP contribution >= 0.6 is 0 Å². The molecular weight excluding hydrogens is 210 g/mol. The molecule has 1 aromatic rings. The summed E-state index contributed by atoms with van der Waals surface area (Å²) in [5.41, 5.74) is 3.19. The van der Waals surface area contributed by atoms with E-state index < -0.39 is 0 Å². The Kier molecular flexibility index (Phi) is 2.44. The van der Waals surface area contributed by atoms with E-state index in [1.54, 1.807) is 0 Å². The first-order valence-corrected chi connectivity index (χ1v) is 6.64. The van der Waals surface area contributed by atoms with Crippen molar-refractivity contribution in [3.63, 3.8) is 0 Å². The van der Waals surface area contributed by atoms with E-state index in [0.717, 1.165) is 6.42 Å². The van der Waals surface area contributed by atoms with Gasteiger partial charge in [-0.15, -0.1) is 0 Å². The van der Waals surface area contributed by atoms with Crippen LogP contribution in [0.1, 0.15) is 50.3 Å². The van der Waals surface area contributed by atoms with Gasteiger partial charge in [-0.05, 0) is 54.4 Å². The van der Waals surface area contributed by atoms with Gasteiger partial charge in [0.1, 0.15) is 5.75 Å². The van der Waals surface area contributed by atoms with Crippen LogP contribution in [0.4, 0.5) is 0 Å². The molecule has 0 aromatic heterocycles. The minimum atomic E-state index is 0.396. The van der Waals surface area contributed by atoms with Gasteiger partial charge in [0.05, 0.1) is 0 Å². The van der Waals surface area contributed by atoms with Crippen molar-refractivity contribution in [1.82, 2.24) is 5.32 Å². The average molecular weight is 231 g/mol. The summed E-state index contributed by atoms with van der Waals surface area (Å²) in [5, 5.41) is 13.4. The summed E-state index contributed by atoms with van der Waals surface area (Å²) in [5.74, 6) is 0.396. The number of aromatic hydroxyl groups is 1. The smallest absolute Gasteiger partial charge is 0.115 e. The van der Waals surface area contributed by atoms with Crippen LogP contribution in [0.25, 0.3) is 0 Å². The maximum atomic E-state index is 9.63. The zero-order valence-corrected chi connectivity index (χ0v) is 10.7. The van der Waals surface area contributed by atoms with Crippen LogP contribution in [0.3, 0.4) is 0 Å². The normalized spacial score (nSPS) is 29.8. The molecule has 1 saturated carbocycles. The number of rotatable bonds is 2. The van der Waals surface area contributed by atoms with Gasteiger partial charge in [0.25, 0.3) is 0 Å². The quantitative estimate of drug-likeness (QED) is 0.819. The standard InChI is InChI=1S/C15H21NO/c1-15(2)9-14(15)16-13-5-3-4-10-6-7-11(17)8-12(10)13/h6-8,13-14,16-17H,3-5,9H2,1-2H3. The second-order valence-electron chi connectivity index (χ2n) is 6.24. The summed E-state index contributed by atoms with van der Waals surface area (Å²) >= 11 is 0. The maximum absolute atomic E-state index is 9.63. The molecule has 0 bridgehead atoms. The Balaban J connectivity index is 1.81. The van der Waals surface area contributed by atoms with Crippen molar-refractivity contribution in [2.24, 2.45) is 5.41 Å². The van der Waals surface area contributed by atoms with Gasteiger partial charge in [-0.25, -0.2) is 0 Å². The fourth-order valence-electron chi connectivity index (χ4n) is 2.95. The molecule has 0 heterocycles. The van der Waals surface area contributed by atoms with Crippen LogP contribution in [0.5, 0.6) is 5.75 Å². The monoisotopic (exact) mass is 231 g/mol. The lowest BCUT2D eigenvalue weighted by atomic mass is 9.87. The molecule has 3 rings (SSSR count). The van der Waals surface area contributed by atoms with Gasteiger partial charge in [-0.1, -0.05) is 19.9 Å². The van der Waals surface area contributed by atoms with E-state index in [4.69, 9.17) is 0 Å². The molecule has 2 aliphatic rings. The lowest BCUT2D eigenvalue weighted by Gasteiger charge is -2.27. The van der Waals surface area contributed by atoms with Crippen LogP contribution in [0, 0.1) is 5.41 Å². The number of hydrogen-bond acceptors (Lipinski definition) is 2. The third kappa shape index (κ3) is 2.06. The Hall–Kier alpha value is -1.02. The van der Waals surface area contributed by atoms with Crippen LogP contribution in [0.2, 0.25) is 0 Å². The summed E-state index contributed by atoms with van der Waals surface area (Å²) in [7, 11) is 0. The van der Waals surface area contributed by atoms with Gasteiger partial charge in [0.15, 0.2) is 0 Å². The number of benzene rings is 1. The molecule has 92 valence electrons. The van der Waals surface area contributed by atoms with Crippen molar-refractivity contribution in [3.8, 4) is 5.75 Å². The fraction of sp³-hybridized carbons (Fsp3) is 0.600. The van der Waals surface area contributed by atoms with E-state index in [9.17, 15) is 5.11 Å². The van der Waals surface area contributed by atoms with Crippen molar-refractivity contribution in [3.05, 3.63) is 29.3 Å². The second-order valence-corrected chi connectivity index (χ2v) is 6.24. The maximum Gasteiger partial charge on any atom is 0.115 e. The van der Waals surface area contributed by atoms with Crippen molar-refractivity contribution < 1.29 is 5.11 Å². The summed E-state index contributed by atoms with van der Waals surface area (Å²) in [6.45, 7) is 4.63. The molecule has 2 heteroatoms. The molecule has 2 atom stereocenters. The first kappa shape index (κ1) is 11.1. The molecule has 1 aromatic carbocycles. The summed E-state index contributed by atoms with van der Waals surface area (Å²) < 4.78 is 0. The van der Waals surface area contributed by atoms with Crippen LogP contribution in [-0.4, -0.2) is 11.1 Å². The second kappa shape index (κ2) is 3.74. The average Bonchev–Trinajstić information content (AvgIpc) is 2.87. The van der Waals surface area contributed by atoms with Gasteiger partial charge in [0, 0.05) is 12.1 Å². The van der Waals surface area contributed by atoms with Gasteiger partial charge in [0.2, 0.25) is 0 Å². The number of nitrogens with one attached hydrogen (secondary N) is 1. The van der Waals surface area contributed by atoms with Gasteiger partial charge >= 0.3 is 0 Å². The lowest BCUT2D eigenvalue weighted by molar-refractivity contribution is 0.419. The van der Waals surface area contributed by atoms with Gasteiger partial charge < -0.3 is 10.4 Å². The third-order valence-electron chi connectivity index (χ3n) is 4.36. The van der Waals surface area contributed by atoms with E-state index in [0.29, 0.717) is 23.2 Å². The molecule has 2 N–H and O–H groups in total. The lowest BCUT2D eigenvalue weighted by Crippen LogP contribution is -2.29. The first-order valence-electron chi connectivity index (χ1n) is 6.64. The SMILES string of the molecule is CC1(C)CC1NC1CCCc2ccc(O)cc21. The largest absolute Gasteiger partial charge is 0.508 e. The predicted octanol–water partition coefficient (Wildman–Crippen LogP) is 3.16. The number of phenols is 1. The van der Waals surface area contributed by atoms with E-state index in [2.05, 4.69) is 25.2 Å². The Morgan fingerprint density at radius 1 is 1.35 bits per heavy atom. The zero-order chi connectivity index (χ0) is 12.0. The summed E-state index contributed by atoms with van der Waals surface area (Å²) in [6.07, 6.45) is 4.88. The summed E-state index contributed by atoms with van der Waals surface area (Å²) in [4.78, 5) is 0. The molecule has 0 radical (unpaired) electrons. The highest BCUT2D eigenvalue weighted by Gasteiger charge is 2.46. The Bertz CT molecular complexity index is 439. The molecule has 2 aliphatic carbocycles. The highest BCUT2D eigenvalue weighted by atomic mass is 16.3. The predicted molar refractivity (Wildman–Crippen MR) is 69.1 cm³/mol. The van der Waals surface area contributed by atoms with Crippen LogP contribution < -0.4 is 5.32 Å². The minimum Gasteiger partial charge on any atom is -0.508 e. The van der Waals surface area contributed by atoms with E-state index >= 15 is 0 Å². The Morgan fingerprint density at radius 2 is 2.12 bits per heavy atom. The van der Waals surface area contributed by atoms with Crippen LogP contribution in [-0.2, 0) is 6.42 Å². The number of hydrogen-bond donors (Lipinski definition) is 2. The molecule has 2 unspecified atom stereocenters. The molecule has 1 fully saturated rings. The minimum absolute atomic E-state index is 0.396. The van der Waals surface area contributed by atoms with E-state index in [-0.39, 0.29) is 0 Å². The van der Waals surface area contributed by atoms with E-state index in [1.807, 2.05) is 12.1 Å². The van der Waals surface area contributed by atoms with Gasteiger partial charge in [-0.3, -0.25) is 0 Å². The number of fused-ring (bicyclic) bond motifs is 1. The third-order valence-corrected chi connectivity index (χ3v) is 4.36. The highest BCUT2D eigenvalue weighted by molar-refractivity contribution is 5.38. The van der Waals surface area contributed by atoms with E-state index in [1.165, 1.54) is 30.4 Å². The molecule has 2 nitrogen and oxygen atoms in total. The zero-order valence-electron chi connectivity index (χ0n) is 10.7. The molecule has 0 saturated heterocycles. The first-order chi connectivity index (χ1) is 8.06. The Morgan fingerprint density at radius 3 is 2.82 bits per heavy atom. The van der Waals surface area contributed by atoms with Crippen molar-refractivity contribution in [1.29, 1.82) is 0 Å². The molecule has 17 heavy (non-hydrogen) atoms. The molecule has 0 spiro atoms. The van der Waals surface area contributed by atoms with Crippen molar-refractivity contribution >= 4 is 0 Å². The summed E-state index contributed by atoms with van der Waals surface area (Å²) in [6, 6.07) is 6.93. The van der Waals surface area contributed by atoms with Crippen LogP contribution in [0.15, 0.2) is 18.2 Å². The fourth-order valence-corrected chi connectivity index (χ4v) is 2.95. The molecular formula is C15H21NO. The molecule has 0 amide bonds. The van der Waals surface area contributed by atoms with Crippen molar-refractivity contribution in [2.45, 2.75) is 51.6 Å². The van der Waals surface area contributed by atoms with Crippen molar-refractivity contribution in [2.75, 3.05) is 0 Å². The number of phenolic OH excluding ortho intramolecular Hbond substituents is 1.